The van der Waals surface area contributed by atoms with Crippen molar-refractivity contribution in [2.75, 3.05) is 0 Å². The molecule has 0 amide bonds. The first-order valence-electron chi connectivity index (χ1n) is 5.33. The molecule has 5 heteroatoms. The predicted molar refractivity (Wildman–Crippen MR) is 55.7 cm³/mol. The summed E-state index contributed by atoms with van der Waals surface area (Å²) in [6.07, 6.45) is 2.71. The van der Waals surface area contributed by atoms with Gasteiger partial charge in [-0.3, -0.25) is 4.55 Å². The normalized spacial score (nSPS) is 43.5. The second-order valence-corrected chi connectivity index (χ2v) is 6.69. The summed E-state index contributed by atoms with van der Waals surface area (Å²) >= 11 is 0. The zero-order valence-corrected chi connectivity index (χ0v) is 10.2. The maximum Gasteiger partial charge on any atom is 0.397 e. The van der Waals surface area contributed by atoms with Gasteiger partial charge in [-0.2, -0.15) is 8.42 Å². The van der Waals surface area contributed by atoms with Crippen LogP contribution in [-0.4, -0.2) is 18.6 Å². The van der Waals surface area contributed by atoms with Crippen LogP contribution in [0.25, 0.3) is 0 Å². The van der Waals surface area contributed by atoms with Crippen LogP contribution in [0.1, 0.15) is 40.0 Å². The summed E-state index contributed by atoms with van der Waals surface area (Å²) in [4.78, 5) is 0. The molecule has 0 spiro atoms. The summed E-state index contributed by atoms with van der Waals surface area (Å²) < 4.78 is 35.3. The Kier molecular flexibility index (Phi) is 2.24. The summed E-state index contributed by atoms with van der Waals surface area (Å²) in [5, 5.41) is 0. The fourth-order valence-corrected chi connectivity index (χ4v) is 4.20. The van der Waals surface area contributed by atoms with Crippen molar-refractivity contribution in [1.82, 2.24) is 0 Å². The highest BCUT2D eigenvalue weighted by molar-refractivity contribution is 7.80. The van der Waals surface area contributed by atoms with Crippen molar-refractivity contribution in [3.8, 4) is 0 Å². The average molecular weight is 234 g/mol. The van der Waals surface area contributed by atoms with Crippen LogP contribution >= 0.6 is 0 Å². The monoisotopic (exact) mass is 234 g/mol. The minimum atomic E-state index is -4.34. The molecule has 4 nitrogen and oxygen atoms in total. The van der Waals surface area contributed by atoms with Gasteiger partial charge in [-0.25, -0.2) is 4.18 Å². The van der Waals surface area contributed by atoms with Gasteiger partial charge in [0.05, 0.1) is 5.60 Å². The molecule has 15 heavy (non-hydrogen) atoms. The average Bonchev–Trinajstić information content (AvgIpc) is 1.98. The molecular formula is C10H18O4S. The Labute approximate surface area is 91.0 Å². The first kappa shape index (κ1) is 11.4. The molecule has 3 saturated carbocycles. The van der Waals surface area contributed by atoms with Crippen LogP contribution < -0.4 is 0 Å². The van der Waals surface area contributed by atoms with Gasteiger partial charge in [0, 0.05) is 0 Å². The molecule has 3 fully saturated rings. The lowest BCUT2D eigenvalue weighted by molar-refractivity contribution is -0.181. The Bertz CT molecular complexity index is 371. The van der Waals surface area contributed by atoms with Gasteiger partial charge in [0.2, 0.25) is 0 Å². The fraction of sp³-hybridized carbons (Fsp3) is 1.00. The van der Waals surface area contributed by atoms with Crippen molar-refractivity contribution in [3.05, 3.63) is 0 Å². The zero-order valence-electron chi connectivity index (χ0n) is 9.36. The maximum absolute atomic E-state index is 10.8. The molecule has 3 unspecified atom stereocenters. The molecule has 3 aliphatic carbocycles. The maximum atomic E-state index is 10.8. The molecular weight excluding hydrogens is 216 g/mol. The van der Waals surface area contributed by atoms with E-state index in [-0.39, 0.29) is 11.3 Å². The molecule has 0 heterocycles. The first-order valence-corrected chi connectivity index (χ1v) is 6.70. The Hall–Kier alpha value is -0.130. The lowest BCUT2D eigenvalue weighted by atomic mass is 9.44. The molecule has 2 bridgehead atoms. The molecule has 3 aliphatic rings. The fourth-order valence-electron chi connectivity index (χ4n) is 3.52. The topological polar surface area (TPSA) is 63.6 Å². The van der Waals surface area contributed by atoms with Crippen molar-refractivity contribution in [1.29, 1.82) is 0 Å². The largest absolute Gasteiger partial charge is 0.397 e. The molecule has 0 radical (unpaired) electrons. The van der Waals surface area contributed by atoms with Crippen molar-refractivity contribution in [2.24, 2.45) is 17.3 Å². The summed E-state index contributed by atoms with van der Waals surface area (Å²) in [6.45, 7) is 6.09. The van der Waals surface area contributed by atoms with Crippen molar-refractivity contribution in [3.63, 3.8) is 0 Å². The number of rotatable bonds is 2. The predicted octanol–water partition coefficient (Wildman–Crippen LogP) is 2.02. The van der Waals surface area contributed by atoms with Crippen LogP contribution in [0.5, 0.6) is 0 Å². The highest BCUT2D eigenvalue weighted by atomic mass is 32.3. The van der Waals surface area contributed by atoms with Crippen molar-refractivity contribution < 1.29 is 17.2 Å². The second-order valence-electron chi connectivity index (χ2n) is 5.67. The quantitative estimate of drug-likeness (QED) is 0.742. The van der Waals surface area contributed by atoms with Gasteiger partial charge in [-0.1, -0.05) is 13.8 Å². The van der Waals surface area contributed by atoms with E-state index in [0.717, 1.165) is 12.8 Å². The van der Waals surface area contributed by atoms with Crippen LogP contribution in [0.3, 0.4) is 0 Å². The van der Waals surface area contributed by atoms with Gasteiger partial charge in [0.25, 0.3) is 0 Å². The van der Waals surface area contributed by atoms with E-state index in [1.807, 2.05) is 0 Å². The van der Waals surface area contributed by atoms with Crippen molar-refractivity contribution >= 4 is 10.4 Å². The van der Waals surface area contributed by atoms with E-state index in [9.17, 15) is 8.42 Å². The molecule has 3 rings (SSSR count). The van der Waals surface area contributed by atoms with E-state index >= 15 is 0 Å². The molecule has 0 aromatic rings. The molecule has 88 valence electrons. The molecule has 1 N–H and O–H groups in total. The Balaban J connectivity index is 2.22. The second kappa shape index (κ2) is 2.96. The lowest BCUT2D eigenvalue weighted by Crippen LogP contribution is -2.61. The highest BCUT2D eigenvalue weighted by Crippen LogP contribution is 2.63. The summed E-state index contributed by atoms with van der Waals surface area (Å²) in [5.74, 6) is 0.909. The Morgan fingerprint density at radius 2 is 1.93 bits per heavy atom. The third-order valence-electron chi connectivity index (χ3n) is 4.49. The number of hydrogen-bond acceptors (Lipinski definition) is 3. The summed E-state index contributed by atoms with van der Waals surface area (Å²) in [7, 11) is -4.34. The SMILES string of the molecule is CC1(OS(=O)(=O)O)CCC2CC1C2(C)C. The van der Waals surface area contributed by atoms with Gasteiger partial charge in [0.1, 0.15) is 0 Å². The number of fused-ring (bicyclic) bond motifs is 2. The summed E-state index contributed by atoms with van der Waals surface area (Å²) in [6, 6.07) is 0. The minimum absolute atomic E-state index is 0.137. The molecule has 0 aliphatic heterocycles. The van der Waals surface area contributed by atoms with E-state index in [1.54, 1.807) is 6.92 Å². The Morgan fingerprint density at radius 3 is 2.33 bits per heavy atom. The van der Waals surface area contributed by atoms with Crippen molar-refractivity contribution in [2.45, 2.75) is 45.6 Å². The molecule has 0 aromatic heterocycles. The number of hydrogen-bond donors (Lipinski definition) is 1. The van der Waals surface area contributed by atoms with Crippen LogP contribution in [0.2, 0.25) is 0 Å². The smallest absolute Gasteiger partial charge is 0.264 e. The van der Waals surface area contributed by atoms with Gasteiger partial charge in [-0.15, -0.1) is 0 Å². The molecule has 0 aromatic carbocycles. The van der Waals surface area contributed by atoms with E-state index in [4.69, 9.17) is 8.74 Å². The van der Waals surface area contributed by atoms with E-state index in [1.165, 1.54) is 0 Å². The lowest BCUT2D eigenvalue weighted by Gasteiger charge is -2.63. The molecule has 0 saturated heterocycles. The van der Waals surface area contributed by atoms with E-state index in [2.05, 4.69) is 13.8 Å². The van der Waals surface area contributed by atoms with Crippen LogP contribution in [0.4, 0.5) is 0 Å². The zero-order chi connectivity index (χ0) is 11.5. The van der Waals surface area contributed by atoms with Gasteiger partial charge in [-0.05, 0) is 43.4 Å². The van der Waals surface area contributed by atoms with E-state index < -0.39 is 16.0 Å². The molecule has 3 atom stereocenters. The minimum Gasteiger partial charge on any atom is -0.264 e. The van der Waals surface area contributed by atoms with Crippen LogP contribution in [0, 0.1) is 17.3 Å². The summed E-state index contributed by atoms with van der Waals surface area (Å²) in [5.41, 5.74) is -0.580. The van der Waals surface area contributed by atoms with Gasteiger partial charge in [0.15, 0.2) is 0 Å². The third kappa shape index (κ3) is 1.70. The third-order valence-corrected chi connectivity index (χ3v) is 5.08. The van der Waals surface area contributed by atoms with Gasteiger partial charge < -0.3 is 0 Å². The highest BCUT2D eigenvalue weighted by Gasteiger charge is 2.61. The van der Waals surface area contributed by atoms with Gasteiger partial charge >= 0.3 is 10.4 Å². The van der Waals surface area contributed by atoms with Crippen LogP contribution in [-0.2, 0) is 14.6 Å². The Morgan fingerprint density at radius 1 is 1.33 bits per heavy atom. The van der Waals surface area contributed by atoms with Crippen LogP contribution in [0.15, 0.2) is 0 Å². The van der Waals surface area contributed by atoms with E-state index in [0.29, 0.717) is 12.3 Å². The first-order chi connectivity index (χ1) is 6.65. The standard InChI is InChI=1S/C10H18O4S/c1-9(2)7-4-5-10(3,8(9)6-7)14-15(11,12)13/h7-8H,4-6H2,1-3H3,(H,11,12,13).